The molecule has 6 nitrogen and oxygen atoms in total. The number of hydrogen-bond donors (Lipinski definition) is 0. The third kappa shape index (κ3) is 2.60. The number of nitrogens with zero attached hydrogens (tertiary/aromatic N) is 4. The van der Waals surface area contributed by atoms with Gasteiger partial charge in [0.25, 0.3) is 5.91 Å². The number of fused-ring (bicyclic) bond motifs is 2. The number of aromatic nitrogens is 2. The van der Waals surface area contributed by atoms with Gasteiger partial charge >= 0.3 is 0 Å². The summed E-state index contributed by atoms with van der Waals surface area (Å²) < 4.78 is 5.18. The summed E-state index contributed by atoms with van der Waals surface area (Å²) in [6, 6.07) is 4.64. The Balaban J connectivity index is 1.50. The van der Waals surface area contributed by atoms with Gasteiger partial charge in [-0.3, -0.25) is 14.7 Å². The fourth-order valence-corrected chi connectivity index (χ4v) is 4.12. The zero-order valence-corrected chi connectivity index (χ0v) is 14.1. The van der Waals surface area contributed by atoms with Gasteiger partial charge in [0.1, 0.15) is 11.3 Å². The van der Waals surface area contributed by atoms with Crippen LogP contribution in [-0.2, 0) is 6.54 Å². The van der Waals surface area contributed by atoms with Crippen molar-refractivity contribution < 1.29 is 9.32 Å². The van der Waals surface area contributed by atoms with E-state index in [9.17, 15) is 4.79 Å². The Bertz CT molecular complexity index is 709. The zero-order chi connectivity index (χ0) is 16.7. The molecule has 0 N–H and O–H groups in total. The van der Waals surface area contributed by atoms with Crippen LogP contribution in [0, 0.1) is 13.8 Å². The van der Waals surface area contributed by atoms with Gasteiger partial charge in [0.2, 0.25) is 0 Å². The standard InChI is InChI=1S/C18H22N4O2/c1-12-17(13(2)24-20-12)18(23)22-15-5-6-16(22)11-21(10-15)9-14-4-3-7-19-8-14/h3-4,7-8,15-16H,5-6,9-11H2,1-2H3. The molecule has 0 radical (unpaired) electrons. The van der Waals surface area contributed by atoms with Crippen LogP contribution in [0.15, 0.2) is 29.0 Å². The maximum atomic E-state index is 13.0. The summed E-state index contributed by atoms with van der Waals surface area (Å²) in [4.78, 5) is 21.7. The van der Waals surface area contributed by atoms with Crippen molar-refractivity contribution in [1.82, 2.24) is 19.9 Å². The van der Waals surface area contributed by atoms with Gasteiger partial charge in [-0.2, -0.15) is 0 Å². The van der Waals surface area contributed by atoms with Gasteiger partial charge in [0.15, 0.2) is 0 Å². The van der Waals surface area contributed by atoms with Crippen molar-refractivity contribution in [2.45, 2.75) is 45.3 Å². The van der Waals surface area contributed by atoms with Gasteiger partial charge in [0, 0.05) is 44.1 Å². The number of hydrogen-bond acceptors (Lipinski definition) is 5. The van der Waals surface area contributed by atoms with Crippen LogP contribution in [0.3, 0.4) is 0 Å². The molecule has 2 atom stereocenters. The summed E-state index contributed by atoms with van der Waals surface area (Å²) in [5, 5.41) is 3.93. The maximum Gasteiger partial charge on any atom is 0.259 e. The van der Waals surface area contributed by atoms with Crippen molar-refractivity contribution in [2.24, 2.45) is 0 Å². The highest BCUT2D eigenvalue weighted by molar-refractivity contribution is 5.96. The van der Waals surface area contributed by atoms with Crippen molar-refractivity contribution in [3.05, 3.63) is 47.1 Å². The average Bonchev–Trinajstić information content (AvgIpc) is 3.05. The molecule has 2 bridgehead atoms. The predicted octanol–water partition coefficient (Wildman–Crippen LogP) is 2.18. The number of amides is 1. The molecule has 126 valence electrons. The molecule has 0 spiro atoms. The first-order valence-electron chi connectivity index (χ1n) is 8.50. The van der Waals surface area contributed by atoms with E-state index in [1.165, 1.54) is 5.56 Å². The van der Waals surface area contributed by atoms with Crippen LogP contribution in [0.5, 0.6) is 0 Å². The number of piperazine rings is 1. The Labute approximate surface area is 141 Å². The Morgan fingerprint density at radius 3 is 2.62 bits per heavy atom. The molecule has 0 saturated carbocycles. The second kappa shape index (κ2) is 6.02. The molecule has 2 aromatic heterocycles. The summed E-state index contributed by atoms with van der Waals surface area (Å²) in [6.07, 6.45) is 5.86. The van der Waals surface area contributed by atoms with E-state index >= 15 is 0 Å². The van der Waals surface area contributed by atoms with Crippen molar-refractivity contribution in [3.8, 4) is 0 Å². The molecule has 0 aliphatic carbocycles. The van der Waals surface area contributed by atoms with Crippen LogP contribution < -0.4 is 0 Å². The van der Waals surface area contributed by atoms with Crippen LogP contribution in [0.4, 0.5) is 0 Å². The Hall–Kier alpha value is -2.21. The summed E-state index contributed by atoms with van der Waals surface area (Å²) in [6.45, 7) is 6.38. The van der Waals surface area contributed by atoms with Gasteiger partial charge in [-0.1, -0.05) is 11.2 Å². The predicted molar refractivity (Wildman–Crippen MR) is 88.5 cm³/mol. The average molecular weight is 326 g/mol. The van der Waals surface area contributed by atoms with Crippen LogP contribution in [0.25, 0.3) is 0 Å². The number of aryl methyl sites for hydroxylation is 2. The van der Waals surface area contributed by atoms with Crippen molar-refractivity contribution >= 4 is 5.91 Å². The molecule has 2 aromatic rings. The minimum Gasteiger partial charge on any atom is -0.361 e. The molecule has 2 fully saturated rings. The zero-order valence-electron chi connectivity index (χ0n) is 14.1. The van der Waals surface area contributed by atoms with Crippen molar-refractivity contribution in [3.63, 3.8) is 0 Å². The molecular weight excluding hydrogens is 304 g/mol. The SMILES string of the molecule is Cc1noc(C)c1C(=O)N1C2CCC1CN(Cc1cccnc1)C2. The third-order valence-electron chi connectivity index (χ3n) is 5.17. The van der Waals surface area contributed by atoms with Crippen LogP contribution in [0.1, 0.15) is 40.2 Å². The van der Waals surface area contributed by atoms with E-state index in [1.54, 1.807) is 6.20 Å². The van der Waals surface area contributed by atoms with E-state index in [0.29, 0.717) is 17.0 Å². The van der Waals surface area contributed by atoms with Gasteiger partial charge in [-0.05, 0) is 38.3 Å². The summed E-state index contributed by atoms with van der Waals surface area (Å²) in [5.74, 6) is 0.703. The third-order valence-corrected chi connectivity index (χ3v) is 5.17. The molecule has 2 aliphatic heterocycles. The monoisotopic (exact) mass is 326 g/mol. The molecule has 2 aliphatic rings. The minimum absolute atomic E-state index is 0.0831. The Morgan fingerprint density at radius 2 is 2.04 bits per heavy atom. The van der Waals surface area contributed by atoms with Gasteiger partial charge in [-0.15, -0.1) is 0 Å². The minimum atomic E-state index is 0.0831. The number of likely N-dealkylation sites (tertiary alicyclic amines) is 1. The van der Waals surface area contributed by atoms with Gasteiger partial charge in [0.05, 0.1) is 5.69 Å². The first kappa shape index (κ1) is 15.3. The topological polar surface area (TPSA) is 62.5 Å². The highest BCUT2D eigenvalue weighted by Gasteiger charge is 2.43. The Kier molecular flexibility index (Phi) is 3.84. The quantitative estimate of drug-likeness (QED) is 0.865. The van der Waals surface area contributed by atoms with Crippen LogP contribution in [0.2, 0.25) is 0 Å². The van der Waals surface area contributed by atoms with E-state index in [2.05, 4.69) is 26.0 Å². The number of pyridine rings is 1. The molecule has 24 heavy (non-hydrogen) atoms. The highest BCUT2D eigenvalue weighted by Crippen LogP contribution is 2.33. The fraction of sp³-hybridized carbons (Fsp3) is 0.500. The fourth-order valence-electron chi connectivity index (χ4n) is 4.12. The van der Waals surface area contributed by atoms with E-state index in [-0.39, 0.29) is 18.0 Å². The first-order chi connectivity index (χ1) is 11.6. The molecule has 1 amide bonds. The van der Waals surface area contributed by atoms with E-state index in [1.807, 2.05) is 26.1 Å². The molecule has 4 rings (SSSR count). The van der Waals surface area contributed by atoms with E-state index in [0.717, 1.165) is 32.5 Å². The van der Waals surface area contributed by atoms with E-state index < -0.39 is 0 Å². The smallest absolute Gasteiger partial charge is 0.259 e. The molecular formula is C18H22N4O2. The lowest BCUT2D eigenvalue weighted by molar-refractivity contribution is 0.0403. The summed E-state index contributed by atoms with van der Waals surface area (Å²) in [7, 11) is 0. The summed E-state index contributed by atoms with van der Waals surface area (Å²) in [5.41, 5.74) is 2.56. The molecule has 0 aromatic carbocycles. The maximum absolute atomic E-state index is 13.0. The largest absolute Gasteiger partial charge is 0.361 e. The van der Waals surface area contributed by atoms with Crippen LogP contribution in [-0.4, -0.2) is 51.0 Å². The normalized spacial score (nSPS) is 23.7. The van der Waals surface area contributed by atoms with Gasteiger partial charge < -0.3 is 9.42 Å². The van der Waals surface area contributed by atoms with Crippen molar-refractivity contribution in [2.75, 3.05) is 13.1 Å². The lowest BCUT2D eigenvalue weighted by Crippen LogP contribution is -2.55. The molecule has 4 heterocycles. The lowest BCUT2D eigenvalue weighted by atomic mass is 10.1. The second-order valence-electron chi connectivity index (χ2n) is 6.85. The summed E-state index contributed by atoms with van der Waals surface area (Å²) >= 11 is 0. The van der Waals surface area contributed by atoms with Crippen LogP contribution >= 0.6 is 0 Å². The van der Waals surface area contributed by atoms with Crippen molar-refractivity contribution in [1.29, 1.82) is 0 Å². The number of carbonyl (C=O) groups is 1. The Morgan fingerprint density at radius 1 is 1.29 bits per heavy atom. The second-order valence-corrected chi connectivity index (χ2v) is 6.85. The number of rotatable bonds is 3. The van der Waals surface area contributed by atoms with Gasteiger partial charge in [-0.25, -0.2) is 0 Å². The molecule has 2 unspecified atom stereocenters. The van der Waals surface area contributed by atoms with E-state index in [4.69, 9.17) is 4.52 Å². The number of carbonyl (C=O) groups excluding carboxylic acids is 1. The lowest BCUT2D eigenvalue weighted by Gasteiger charge is -2.41. The highest BCUT2D eigenvalue weighted by atomic mass is 16.5. The molecule has 6 heteroatoms. The first-order valence-corrected chi connectivity index (χ1v) is 8.50. The molecule has 2 saturated heterocycles.